The van der Waals surface area contributed by atoms with Gasteiger partial charge in [-0.05, 0) is 25.0 Å². The summed E-state index contributed by atoms with van der Waals surface area (Å²) in [5.41, 5.74) is -0.679. The Kier molecular flexibility index (Phi) is 4.53. The molecule has 7 heteroatoms. The monoisotopic (exact) mass is 332 g/mol. The number of hydrogen-bond acceptors (Lipinski definition) is 4. The second kappa shape index (κ2) is 6.60. The Morgan fingerprint density at radius 1 is 1.08 bits per heavy atom. The fraction of sp³-hybridized carbons (Fsp3) is 0.471. The van der Waals surface area contributed by atoms with Gasteiger partial charge in [-0.25, -0.2) is 0 Å². The molecule has 2 aliphatic rings. The van der Waals surface area contributed by atoms with Crippen LogP contribution in [0.1, 0.15) is 12.8 Å². The van der Waals surface area contributed by atoms with Gasteiger partial charge in [-0.15, -0.1) is 0 Å². The number of carbonyl (C=O) groups excluding carboxylic acids is 2. The second-order valence-corrected chi connectivity index (χ2v) is 6.11. The number of nitrogens with zero attached hydrogens (tertiary/aromatic N) is 2. The summed E-state index contributed by atoms with van der Waals surface area (Å²) in [5, 5.41) is 9.59. The third-order valence-electron chi connectivity index (χ3n) is 4.74. The minimum atomic E-state index is -1.46. The molecule has 2 aliphatic heterocycles. The van der Waals surface area contributed by atoms with Crippen molar-refractivity contribution in [1.82, 2.24) is 4.90 Å². The van der Waals surface area contributed by atoms with Crippen LogP contribution in [0.4, 0.5) is 5.69 Å². The number of hydrogen-bond donors (Lipinski definition) is 1. The molecule has 1 aromatic rings. The smallest absolute Gasteiger partial charge is 0.319 e. The summed E-state index contributed by atoms with van der Waals surface area (Å²) in [4.78, 5) is 40.0. The molecule has 3 rings (SSSR count). The summed E-state index contributed by atoms with van der Waals surface area (Å²) in [5.74, 6) is -1.80. The van der Waals surface area contributed by atoms with E-state index in [1.54, 1.807) is 4.90 Å². The van der Waals surface area contributed by atoms with Crippen molar-refractivity contribution in [3.05, 3.63) is 30.3 Å². The molecule has 2 saturated heterocycles. The molecule has 0 aliphatic carbocycles. The molecule has 2 amide bonds. The van der Waals surface area contributed by atoms with Crippen LogP contribution >= 0.6 is 0 Å². The average molecular weight is 332 g/mol. The van der Waals surface area contributed by atoms with Crippen molar-refractivity contribution in [1.29, 1.82) is 0 Å². The molecule has 1 N–H and O–H groups in total. The maximum Gasteiger partial charge on any atom is 0.319 e. The molecule has 0 spiro atoms. The van der Waals surface area contributed by atoms with Crippen molar-refractivity contribution in [3.8, 4) is 0 Å². The van der Waals surface area contributed by atoms with E-state index in [1.807, 2.05) is 30.3 Å². The molecular formula is C17H20N2O5. The summed E-state index contributed by atoms with van der Waals surface area (Å²) in [6.07, 6.45) is 0.294. The van der Waals surface area contributed by atoms with Crippen molar-refractivity contribution in [3.63, 3.8) is 0 Å². The van der Waals surface area contributed by atoms with Gasteiger partial charge in [0.1, 0.15) is 6.54 Å². The first kappa shape index (κ1) is 16.4. The highest BCUT2D eigenvalue weighted by atomic mass is 16.5. The molecule has 0 bridgehead atoms. The first-order chi connectivity index (χ1) is 11.5. The van der Waals surface area contributed by atoms with Gasteiger partial charge in [-0.2, -0.15) is 0 Å². The van der Waals surface area contributed by atoms with Crippen molar-refractivity contribution in [2.75, 3.05) is 37.7 Å². The minimum Gasteiger partial charge on any atom is -0.480 e. The van der Waals surface area contributed by atoms with Crippen LogP contribution in [0.5, 0.6) is 0 Å². The van der Waals surface area contributed by atoms with Crippen molar-refractivity contribution in [2.24, 2.45) is 5.41 Å². The Hall–Kier alpha value is -2.41. The van der Waals surface area contributed by atoms with Crippen LogP contribution in [0.25, 0.3) is 0 Å². The number of piperazine rings is 1. The Balaban J connectivity index is 1.74. The zero-order valence-corrected chi connectivity index (χ0v) is 13.3. The lowest BCUT2D eigenvalue weighted by molar-refractivity contribution is -0.168. The lowest BCUT2D eigenvalue weighted by atomic mass is 9.78. The summed E-state index contributed by atoms with van der Waals surface area (Å²) in [7, 11) is 0. The molecule has 24 heavy (non-hydrogen) atoms. The largest absolute Gasteiger partial charge is 0.480 e. The number of carboxylic acid groups (broad SMARTS) is 1. The summed E-state index contributed by atoms with van der Waals surface area (Å²) in [6, 6.07) is 9.25. The number of carboxylic acids is 1. The fourth-order valence-corrected chi connectivity index (χ4v) is 3.27. The molecule has 128 valence electrons. The number of amides is 2. The lowest BCUT2D eigenvalue weighted by Gasteiger charge is -2.40. The highest BCUT2D eigenvalue weighted by molar-refractivity contribution is 6.05. The molecule has 7 nitrogen and oxygen atoms in total. The number of benzene rings is 1. The van der Waals surface area contributed by atoms with Crippen LogP contribution in [0.3, 0.4) is 0 Å². The van der Waals surface area contributed by atoms with Gasteiger partial charge in [-0.3, -0.25) is 14.4 Å². The Bertz CT molecular complexity index is 640. The quantitative estimate of drug-likeness (QED) is 0.825. The summed E-state index contributed by atoms with van der Waals surface area (Å²) >= 11 is 0. The average Bonchev–Trinajstić information content (AvgIpc) is 2.62. The van der Waals surface area contributed by atoms with E-state index in [4.69, 9.17) is 4.74 Å². The van der Waals surface area contributed by atoms with E-state index in [9.17, 15) is 19.5 Å². The summed E-state index contributed by atoms with van der Waals surface area (Å²) < 4.78 is 5.20. The van der Waals surface area contributed by atoms with Crippen LogP contribution in [-0.2, 0) is 19.1 Å². The van der Waals surface area contributed by atoms with E-state index in [-0.39, 0.29) is 38.5 Å². The first-order valence-electron chi connectivity index (χ1n) is 8.00. The van der Waals surface area contributed by atoms with Gasteiger partial charge >= 0.3 is 5.97 Å². The minimum absolute atomic E-state index is 0.0936. The summed E-state index contributed by atoms with van der Waals surface area (Å²) in [6.45, 7) is 1.09. The Morgan fingerprint density at radius 3 is 2.33 bits per heavy atom. The first-order valence-corrected chi connectivity index (χ1v) is 8.00. The molecule has 0 saturated carbocycles. The Morgan fingerprint density at radius 2 is 1.75 bits per heavy atom. The SMILES string of the molecule is O=C1CN(C(=O)C2(C(=O)O)CCOCC2)CCN1c1ccccc1. The van der Waals surface area contributed by atoms with E-state index in [0.29, 0.717) is 13.1 Å². The molecule has 1 aromatic carbocycles. The second-order valence-electron chi connectivity index (χ2n) is 6.11. The molecule has 0 aromatic heterocycles. The highest BCUT2D eigenvalue weighted by Crippen LogP contribution is 2.34. The van der Waals surface area contributed by atoms with Crippen molar-refractivity contribution < 1.29 is 24.2 Å². The number of carbonyl (C=O) groups is 3. The van der Waals surface area contributed by atoms with Gasteiger partial charge in [0.05, 0.1) is 0 Å². The number of anilines is 1. The molecule has 0 atom stereocenters. The number of aliphatic carboxylic acids is 1. The van der Waals surface area contributed by atoms with Gasteiger partial charge in [-0.1, -0.05) is 18.2 Å². The topological polar surface area (TPSA) is 87.2 Å². The van der Waals surface area contributed by atoms with Crippen LogP contribution < -0.4 is 4.90 Å². The highest BCUT2D eigenvalue weighted by Gasteiger charge is 2.50. The van der Waals surface area contributed by atoms with Crippen LogP contribution in [-0.4, -0.2) is 60.6 Å². The predicted molar refractivity (Wildman–Crippen MR) is 85.5 cm³/mol. The molecule has 2 fully saturated rings. The normalized spacial score (nSPS) is 20.8. The fourth-order valence-electron chi connectivity index (χ4n) is 3.27. The predicted octanol–water partition coefficient (Wildman–Crippen LogP) is 0.743. The zero-order valence-electron chi connectivity index (χ0n) is 13.3. The van der Waals surface area contributed by atoms with Crippen molar-refractivity contribution in [2.45, 2.75) is 12.8 Å². The third-order valence-corrected chi connectivity index (χ3v) is 4.74. The maximum atomic E-state index is 12.8. The van der Waals surface area contributed by atoms with Gasteiger partial charge in [0, 0.05) is 32.0 Å². The molecule has 2 heterocycles. The van der Waals surface area contributed by atoms with Crippen LogP contribution in [0, 0.1) is 5.41 Å². The van der Waals surface area contributed by atoms with Crippen LogP contribution in [0.2, 0.25) is 0 Å². The van der Waals surface area contributed by atoms with Crippen molar-refractivity contribution >= 4 is 23.5 Å². The van der Waals surface area contributed by atoms with Gasteiger partial charge in [0.25, 0.3) is 0 Å². The number of para-hydroxylation sites is 1. The van der Waals surface area contributed by atoms with E-state index >= 15 is 0 Å². The van der Waals surface area contributed by atoms with Gasteiger partial charge < -0.3 is 19.6 Å². The zero-order chi connectivity index (χ0) is 17.2. The van der Waals surface area contributed by atoms with Gasteiger partial charge in [0.2, 0.25) is 11.8 Å². The third kappa shape index (κ3) is 2.87. The molecule has 0 radical (unpaired) electrons. The Labute approximate surface area is 139 Å². The van der Waals surface area contributed by atoms with E-state index in [0.717, 1.165) is 5.69 Å². The lowest BCUT2D eigenvalue weighted by Crippen LogP contribution is -2.58. The standard InChI is InChI=1S/C17H20N2O5/c20-14-12-18(8-9-19(14)13-4-2-1-3-5-13)15(21)17(16(22)23)6-10-24-11-7-17/h1-5H,6-12H2,(H,22,23). The van der Waals surface area contributed by atoms with Crippen LogP contribution in [0.15, 0.2) is 30.3 Å². The number of rotatable bonds is 3. The van der Waals surface area contributed by atoms with Gasteiger partial charge in [0.15, 0.2) is 5.41 Å². The van der Waals surface area contributed by atoms with E-state index in [2.05, 4.69) is 0 Å². The molecule has 0 unspecified atom stereocenters. The molecular weight excluding hydrogens is 312 g/mol. The maximum absolute atomic E-state index is 12.8. The van der Waals surface area contributed by atoms with E-state index < -0.39 is 17.3 Å². The number of ether oxygens (including phenoxy) is 1. The van der Waals surface area contributed by atoms with E-state index in [1.165, 1.54) is 4.90 Å².